The number of aryl methyl sites for hydroxylation is 2. The quantitative estimate of drug-likeness (QED) is 0.504. The van der Waals surface area contributed by atoms with E-state index in [1.165, 1.54) is 9.75 Å². The van der Waals surface area contributed by atoms with Crippen LogP contribution in [-0.2, 0) is 0 Å². The molecular formula is C17H14N4S2. The second-order valence-electron chi connectivity index (χ2n) is 5.41. The minimum Gasteiger partial charge on any atom is -0.360 e. The number of aromatic amines is 2. The lowest BCUT2D eigenvalue weighted by Crippen LogP contribution is -1.96. The lowest BCUT2D eigenvalue weighted by Gasteiger charge is -2.06. The lowest BCUT2D eigenvalue weighted by molar-refractivity contribution is 0.961. The minimum atomic E-state index is 0.388. The third-order valence-corrected chi connectivity index (χ3v) is 4.99. The Morgan fingerprint density at radius 2 is 1.91 bits per heavy atom. The fraction of sp³-hybridized carbons (Fsp3) is 0.118. The number of para-hydroxylation sites is 1. The number of hydrogen-bond acceptors (Lipinski definition) is 4. The summed E-state index contributed by atoms with van der Waals surface area (Å²) in [7, 11) is 0. The van der Waals surface area contributed by atoms with E-state index in [4.69, 9.17) is 12.2 Å². The van der Waals surface area contributed by atoms with E-state index in [1.54, 1.807) is 11.3 Å². The molecule has 0 amide bonds. The standard InChI is InChI=1S/C17H14N4S2/c1-9-7-12(10(2)23-9)16-15(19-17(22)21-20-16)13-8-18-14-6-4-3-5-11(13)14/h3-8,18H,1-2H3,(H,19,21,22). The Bertz CT molecular complexity index is 1070. The van der Waals surface area contributed by atoms with Gasteiger partial charge >= 0.3 is 0 Å². The van der Waals surface area contributed by atoms with Crippen LogP contribution in [0, 0.1) is 18.6 Å². The molecule has 0 saturated carbocycles. The average Bonchev–Trinajstić information content (AvgIpc) is 3.10. The third kappa shape index (κ3) is 2.40. The number of rotatable bonds is 2. The van der Waals surface area contributed by atoms with Crippen molar-refractivity contribution in [3.8, 4) is 22.5 Å². The first-order valence-electron chi connectivity index (χ1n) is 7.24. The molecule has 0 unspecified atom stereocenters. The van der Waals surface area contributed by atoms with Crippen LogP contribution in [0.25, 0.3) is 33.4 Å². The first-order chi connectivity index (χ1) is 11.1. The summed E-state index contributed by atoms with van der Waals surface area (Å²) in [6, 6.07) is 10.3. The van der Waals surface area contributed by atoms with Crippen molar-refractivity contribution >= 4 is 34.5 Å². The molecule has 4 aromatic rings. The lowest BCUT2D eigenvalue weighted by atomic mass is 10.0. The van der Waals surface area contributed by atoms with E-state index in [9.17, 15) is 0 Å². The normalized spacial score (nSPS) is 11.2. The number of thiophene rings is 1. The molecule has 0 aliphatic carbocycles. The van der Waals surface area contributed by atoms with Gasteiger partial charge in [-0.05, 0) is 38.2 Å². The Kier molecular flexibility index (Phi) is 3.36. The van der Waals surface area contributed by atoms with Crippen molar-refractivity contribution in [1.82, 2.24) is 20.2 Å². The third-order valence-electron chi connectivity index (χ3n) is 3.84. The molecule has 0 aliphatic rings. The van der Waals surface area contributed by atoms with Gasteiger partial charge in [0, 0.05) is 38.0 Å². The molecule has 0 radical (unpaired) electrons. The molecule has 0 atom stereocenters. The molecule has 0 spiro atoms. The molecular weight excluding hydrogens is 324 g/mol. The van der Waals surface area contributed by atoms with Gasteiger partial charge in [0.05, 0.1) is 0 Å². The van der Waals surface area contributed by atoms with Gasteiger partial charge in [0.15, 0.2) is 0 Å². The SMILES string of the molecule is Cc1cc(-c2n[nH]c(=S)nc2-c2c[nH]c3ccccc23)c(C)s1. The molecule has 4 nitrogen and oxygen atoms in total. The molecule has 114 valence electrons. The number of fused-ring (bicyclic) bond motifs is 1. The Hall–Kier alpha value is -2.31. The van der Waals surface area contributed by atoms with Crippen molar-refractivity contribution in [3.63, 3.8) is 0 Å². The predicted molar refractivity (Wildman–Crippen MR) is 97.3 cm³/mol. The van der Waals surface area contributed by atoms with Gasteiger partial charge < -0.3 is 4.98 Å². The Labute approximate surface area is 142 Å². The van der Waals surface area contributed by atoms with Crippen molar-refractivity contribution in [2.75, 3.05) is 0 Å². The summed E-state index contributed by atoms with van der Waals surface area (Å²) in [4.78, 5) is 10.4. The largest absolute Gasteiger partial charge is 0.360 e. The van der Waals surface area contributed by atoms with Gasteiger partial charge in [-0.15, -0.1) is 11.3 Å². The fourth-order valence-corrected chi connectivity index (χ4v) is 3.91. The van der Waals surface area contributed by atoms with Crippen molar-refractivity contribution in [1.29, 1.82) is 0 Å². The number of benzene rings is 1. The van der Waals surface area contributed by atoms with Gasteiger partial charge in [-0.2, -0.15) is 5.10 Å². The zero-order valence-corrected chi connectivity index (χ0v) is 14.3. The smallest absolute Gasteiger partial charge is 0.214 e. The summed E-state index contributed by atoms with van der Waals surface area (Å²) in [5, 5.41) is 8.44. The van der Waals surface area contributed by atoms with Crippen molar-refractivity contribution in [3.05, 3.63) is 51.1 Å². The minimum absolute atomic E-state index is 0.388. The molecule has 0 fully saturated rings. The topological polar surface area (TPSA) is 57.4 Å². The van der Waals surface area contributed by atoms with Gasteiger partial charge in [0.1, 0.15) is 11.4 Å². The summed E-state index contributed by atoms with van der Waals surface area (Å²) in [6.07, 6.45) is 1.97. The van der Waals surface area contributed by atoms with Crippen LogP contribution in [0.3, 0.4) is 0 Å². The van der Waals surface area contributed by atoms with Crippen LogP contribution in [0.15, 0.2) is 36.5 Å². The summed E-state index contributed by atoms with van der Waals surface area (Å²) < 4.78 is 0.388. The van der Waals surface area contributed by atoms with Gasteiger partial charge in [-0.25, -0.2) is 4.98 Å². The van der Waals surface area contributed by atoms with Gasteiger partial charge in [-0.1, -0.05) is 18.2 Å². The Balaban J connectivity index is 2.04. The maximum absolute atomic E-state index is 5.21. The molecule has 23 heavy (non-hydrogen) atoms. The fourth-order valence-electron chi connectivity index (χ4n) is 2.85. The zero-order valence-electron chi connectivity index (χ0n) is 12.7. The van der Waals surface area contributed by atoms with E-state index in [-0.39, 0.29) is 0 Å². The van der Waals surface area contributed by atoms with Crippen LogP contribution < -0.4 is 0 Å². The number of aromatic nitrogens is 4. The van der Waals surface area contributed by atoms with E-state index in [2.05, 4.69) is 52.2 Å². The van der Waals surface area contributed by atoms with Gasteiger partial charge in [0.2, 0.25) is 4.77 Å². The van der Waals surface area contributed by atoms with E-state index in [0.717, 1.165) is 33.4 Å². The number of hydrogen-bond donors (Lipinski definition) is 2. The molecule has 3 heterocycles. The molecule has 6 heteroatoms. The highest BCUT2D eigenvalue weighted by Crippen LogP contribution is 2.36. The van der Waals surface area contributed by atoms with Crippen LogP contribution in [0.5, 0.6) is 0 Å². The molecule has 3 aromatic heterocycles. The summed E-state index contributed by atoms with van der Waals surface area (Å²) >= 11 is 6.97. The van der Waals surface area contributed by atoms with E-state index in [0.29, 0.717) is 4.77 Å². The van der Waals surface area contributed by atoms with E-state index >= 15 is 0 Å². The van der Waals surface area contributed by atoms with Crippen LogP contribution in [0.4, 0.5) is 0 Å². The van der Waals surface area contributed by atoms with Crippen molar-refractivity contribution in [2.24, 2.45) is 0 Å². The maximum Gasteiger partial charge on any atom is 0.214 e. The van der Waals surface area contributed by atoms with Crippen molar-refractivity contribution < 1.29 is 0 Å². The highest BCUT2D eigenvalue weighted by atomic mass is 32.1. The molecule has 0 saturated heterocycles. The average molecular weight is 338 g/mol. The van der Waals surface area contributed by atoms with Gasteiger partial charge in [-0.3, -0.25) is 5.10 Å². The molecule has 0 bridgehead atoms. The molecule has 0 aliphatic heterocycles. The number of nitrogens with zero attached hydrogens (tertiary/aromatic N) is 2. The predicted octanol–water partition coefficient (Wildman–Crippen LogP) is 5.03. The zero-order chi connectivity index (χ0) is 16.0. The maximum atomic E-state index is 5.21. The van der Waals surface area contributed by atoms with Gasteiger partial charge in [0.25, 0.3) is 0 Å². The van der Waals surface area contributed by atoms with E-state index < -0.39 is 0 Å². The van der Waals surface area contributed by atoms with Crippen LogP contribution >= 0.6 is 23.6 Å². The Morgan fingerprint density at radius 1 is 1.09 bits per heavy atom. The van der Waals surface area contributed by atoms with Crippen LogP contribution in [0.2, 0.25) is 0 Å². The molecule has 1 aromatic carbocycles. The second-order valence-corrected chi connectivity index (χ2v) is 7.26. The van der Waals surface area contributed by atoms with E-state index in [1.807, 2.05) is 18.3 Å². The Morgan fingerprint density at radius 3 is 2.70 bits per heavy atom. The number of H-pyrrole nitrogens is 2. The number of nitrogens with one attached hydrogen (secondary N) is 2. The van der Waals surface area contributed by atoms with Crippen LogP contribution in [-0.4, -0.2) is 20.2 Å². The summed E-state index contributed by atoms with van der Waals surface area (Å²) in [5.74, 6) is 0. The summed E-state index contributed by atoms with van der Waals surface area (Å²) in [5.41, 5.74) is 4.85. The monoisotopic (exact) mass is 338 g/mol. The first-order valence-corrected chi connectivity index (χ1v) is 8.46. The first kappa shape index (κ1) is 14.3. The molecule has 4 rings (SSSR count). The summed E-state index contributed by atoms with van der Waals surface area (Å²) in [6.45, 7) is 4.21. The van der Waals surface area contributed by atoms with Crippen molar-refractivity contribution in [2.45, 2.75) is 13.8 Å². The molecule has 2 N–H and O–H groups in total. The second kappa shape index (κ2) is 5.40. The highest BCUT2D eigenvalue weighted by Gasteiger charge is 2.17. The van der Waals surface area contributed by atoms with Crippen LogP contribution in [0.1, 0.15) is 9.75 Å². The highest BCUT2D eigenvalue weighted by molar-refractivity contribution is 7.71.